The number of H-pyrrole nitrogens is 2. The molecule has 0 unspecified atom stereocenters. The van der Waals surface area contributed by atoms with Crippen molar-refractivity contribution in [2.45, 2.75) is 17.8 Å². The average molecular weight is 338 g/mol. The summed E-state index contributed by atoms with van der Waals surface area (Å²) in [5.74, 6) is 1.05. The van der Waals surface area contributed by atoms with E-state index < -0.39 is 0 Å². The van der Waals surface area contributed by atoms with Gasteiger partial charge in [0.25, 0.3) is 5.56 Å². The highest BCUT2D eigenvalue weighted by Crippen LogP contribution is 2.18. The quantitative estimate of drug-likeness (QED) is 0.440. The predicted octanol–water partition coefficient (Wildman–Crippen LogP) is 2.43. The molecule has 0 aliphatic heterocycles. The van der Waals surface area contributed by atoms with E-state index in [0.717, 1.165) is 22.4 Å². The maximum absolute atomic E-state index is 12.2. The number of fused-ring (bicyclic) bond motifs is 1. The molecule has 4 rings (SSSR count). The molecule has 7 nitrogen and oxygen atoms in total. The summed E-state index contributed by atoms with van der Waals surface area (Å²) in [5.41, 5.74) is 3.25. The molecule has 0 aliphatic carbocycles. The van der Waals surface area contributed by atoms with Gasteiger partial charge in [-0.2, -0.15) is 4.68 Å². The third-order valence-corrected chi connectivity index (χ3v) is 4.40. The number of hydrogen-bond acceptors (Lipinski definition) is 5. The zero-order valence-electron chi connectivity index (χ0n) is 12.9. The number of aromatic nitrogens is 6. The number of rotatable bonds is 4. The monoisotopic (exact) mass is 338 g/mol. The molecular weight excluding hydrogens is 324 g/mol. The molecule has 1 aromatic carbocycles. The number of thioether (sulfide) groups is 1. The molecule has 24 heavy (non-hydrogen) atoms. The molecule has 8 heteroatoms. The van der Waals surface area contributed by atoms with E-state index in [1.807, 2.05) is 37.3 Å². The number of aryl methyl sites for hydroxylation is 1. The van der Waals surface area contributed by atoms with Crippen LogP contribution < -0.4 is 5.56 Å². The van der Waals surface area contributed by atoms with Crippen LogP contribution in [0, 0.1) is 6.92 Å². The Balaban J connectivity index is 1.59. The Morgan fingerprint density at radius 1 is 1.21 bits per heavy atom. The SMILES string of the molecule is Cc1ccnc(SCc2cc(=O)n(-c3nc4ccccc4[nH]3)[nH]2)n1. The first-order valence-corrected chi connectivity index (χ1v) is 8.36. The van der Waals surface area contributed by atoms with E-state index in [4.69, 9.17) is 0 Å². The van der Waals surface area contributed by atoms with E-state index in [2.05, 4.69) is 25.0 Å². The van der Waals surface area contributed by atoms with Crippen LogP contribution in [-0.2, 0) is 5.75 Å². The lowest BCUT2D eigenvalue weighted by molar-refractivity contribution is 0.789. The first-order valence-electron chi connectivity index (χ1n) is 7.37. The molecule has 0 fully saturated rings. The highest BCUT2D eigenvalue weighted by atomic mass is 32.2. The lowest BCUT2D eigenvalue weighted by Gasteiger charge is -1.99. The maximum Gasteiger partial charge on any atom is 0.274 e. The highest BCUT2D eigenvalue weighted by molar-refractivity contribution is 7.98. The summed E-state index contributed by atoms with van der Waals surface area (Å²) >= 11 is 1.47. The van der Waals surface area contributed by atoms with Gasteiger partial charge in [0.15, 0.2) is 5.16 Å². The Hall–Kier alpha value is -2.87. The molecule has 2 N–H and O–H groups in total. The summed E-state index contributed by atoms with van der Waals surface area (Å²) < 4.78 is 1.41. The second-order valence-corrected chi connectivity index (χ2v) is 6.24. The Morgan fingerprint density at radius 3 is 2.92 bits per heavy atom. The molecule has 0 bridgehead atoms. The minimum absolute atomic E-state index is 0.158. The van der Waals surface area contributed by atoms with Gasteiger partial charge in [-0.05, 0) is 25.1 Å². The third kappa shape index (κ3) is 2.83. The molecule has 120 valence electrons. The van der Waals surface area contributed by atoms with Crippen molar-refractivity contribution in [2.24, 2.45) is 0 Å². The van der Waals surface area contributed by atoms with Crippen molar-refractivity contribution in [2.75, 3.05) is 0 Å². The molecule has 0 aliphatic rings. The van der Waals surface area contributed by atoms with Gasteiger partial charge in [0.1, 0.15) is 0 Å². The Bertz CT molecular complexity index is 1030. The van der Waals surface area contributed by atoms with Gasteiger partial charge in [0.2, 0.25) is 5.95 Å². The number of hydrogen-bond donors (Lipinski definition) is 2. The summed E-state index contributed by atoms with van der Waals surface area (Å²) in [6.07, 6.45) is 1.73. The molecule has 4 aromatic rings. The molecule has 0 spiro atoms. The molecule has 3 aromatic heterocycles. The van der Waals surface area contributed by atoms with Crippen molar-refractivity contribution in [3.8, 4) is 5.95 Å². The van der Waals surface area contributed by atoms with Gasteiger partial charge in [-0.1, -0.05) is 23.9 Å². The minimum Gasteiger partial charge on any atom is -0.322 e. The second kappa shape index (κ2) is 5.97. The Morgan fingerprint density at radius 2 is 2.08 bits per heavy atom. The van der Waals surface area contributed by atoms with E-state index in [1.165, 1.54) is 16.4 Å². The molecule has 0 saturated carbocycles. The zero-order valence-corrected chi connectivity index (χ0v) is 13.7. The van der Waals surface area contributed by atoms with Crippen LogP contribution >= 0.6 is 11.8 Å². The van der Waals surface area contributed by atoms with Crippen molar-refractivity contribution < 1.29 is 0 Å². The van der Waals surface area contributed by atoms with Gasteiger partial charge in [0.05, 0.1) is 11.0 Å². The Kier molecular flexibility index (Phi) is 3.66. The van der Waals surface area contributed by atoms with Crippen molar-refractivity contribution in [3.05, 3.63) is 64.3 Å². The molecule has 0 radical (unpaired) electrons. The number of para-hydroxylation sites is 2. The summed E-state index contributed by atoms with van der Waals surface area (Å²) in [5, 5.41) is 3.76. The number of nitrogens with zero attached hydrogens (tertiary/aromatic N) is 4. The van der Waals surface area contributed by atoms with Gasteiger partial charge >= 0.3 is 0 Å². The fourth-order valence-electron chi connectivity index (χ4n) is 2.36. The van der Waals surface area contributed by atoms with Crippen molar-refractivity contribution in [1.82, 2.24) is 29.7 Å². The van der Waals surface area contributed by atoms with Gasteiger partial charge in [-0.3, -0.25) is 9.89 Å². The van der Waals surface area contributed by atoms with E-state index in [9.17, 15) is 4.79 Å². The van der Waals surface area contributed by atoms with E-state index in [-0.39, 0.29) is 5.56 Å². The Labute approximate surface area is 141 Å². The van der Waals surface area contributed by atoms with Crippen LogP contribution in [-0.4, -0.2) is 29.7 Å². The minimum atomic E-state index is -0.158. The smallest absolute Gasteiger partial charge is 0.274 e. The van der Waals surface area contributed by atoms with Crippen LogP contribution in [0.25, 0.3) is 17.0 Å². The lowest BCUT2D eigenvalue weighted by Crippen LogP contribution is -2.14. The zero-order chi connectivity index (χ0) is 16.5. The number of aromatic amines is 2. The van der Waals surface area contributed by atoms with Crippen molar-refractivity contribution >= 4 is 22.8 Å². The van der Waals surface area contributed by atoms with Crippen molar-refractivity contribution in [1.29, 1.82) is 0 Å². The van der Waals surface area contributed by atoms with Crippen LogP contribution in [0.1, 0.15) is 11.4 Å². The predicted molar refractivity (Wildman–Crippen MR) is 92.4 cm³/mol. The third-order valence-electron chi connectivity index (χ3n) is 3.49. The van der Waals surface area contributed by atoms with Crippen LogP contribution in [0.15, 0.2) is 52.5 Å². The molecular formula is C16H14N6OS. The summed E-state index contributed by atoms with van der Waals surface area (Å²) in [4.78, 5) is 28.3. The van der Waals surface area contributed by atoms with Crippen molar-refractivity contribution in [3.63, 3.8) is 0 Å². The first-order chi connectivity index (χ1) is 11.7. The summed E-state index contributed by atoms with van der Waals surface area (Å²) in [6, 6.07) is 11.1. The van der Waals surface area contributed by atoms with Gasteiger partial charge in [0, 0.05) is 29.4 Å². The fourth-order valence-corrected chi connectivity index (χ4v) is 3.14. The topological polar surface area (TPSA) is 92.2 Å². The van der Waals surface area contributed by atoms with Gasteiger partial charge in [-0.15, -0.1) is 0 Å². The largest absolute Gasteiger partial charge is 0.322 e. The normalized spacial score (nSPS) is 11.2. The standard InChI is InChI=1S/C16H14N6OS/c1-10-6-7-17-16(18-10)24-9-11-8-14(23)22(21-11)15-19-12-4-2-3-5-13(12)20-15/h2-8,21H,9H2,1H3,(H,19,20). The van der Waals surface area contributed by atoms with E-state index in [1.54, 1.807) is 12.3 Å². The number of imidazole rings is 1. The fraction of sp³-hybridized carbons (Fsp3) is 0.125. The van der Waals surface area contributed by atoms with E-state index >= 15 is 0 Å². The number of benzene rings is 1. The van der Waals surface area contributed by atoms with Crippen LogP contribution in [0.3, 0.4) is 0 Å². The molecule has 0 amide bonds. The van der Waals surface area contributed by atoms with Gasteiger partial charge < -0.3 is 4.98 Å². The molecule has 3 heterocycles. The molecule has 0 saturated heterocycles. The highest BCUT2D eigenvalue weighted by Gasteiger charge is 2.10. The van der Waals surface area contributed by atoms with E-state index in [0.29, 0.717) is 16.9 Å². The second-order valence-electron chi connectivity index (χ2n) is 5.30. The molecule has 0 atom stereocenters. The maximum atomic E-state index is 12.2. The van der Waals surface area contributed by atoms with Crippen LogP contribution in [0.4, 0.5) is 0 Å². The average Bonchev–Trinajstić information content (AvgIpc) is 3.16. The van der Waals surface area contributed by atoms with Crippen LogP contribution in [0.2, 0.25) is 0 Å². The van der Waals surface area contributed by atoms with Gasteiger partial charge in [-0.25, -0.2) is 15.0 Å². The summed E-state index contributed by atoms with van der Waals surface area (Å²) in [7, 11) is 0. The first kappa shape index (κ1) is 14.7. The van der Waals surface area contributed by atoms with Crippen LogP contribution in [0.5, 0.6) is 0 Å². The number of nitrogens with one attached hydrogen (secondary N) is 2. The summed E-state index contributed by atoms with van der Waals surface area (Å²) in [6.45, 7) is 1.92. The lowest BCUT2D eigenvalue weighted by atomic mass is 10.3.